The number of ether oxygens (including phenoxy) is 2. The van der Waals surface area contributed by atoms with Crippen LogP contribution in [0.2, 0.25) is 0 Å². The molecule has 0 saturated carbocycles. The summed E-state index contributed by atoms with van der Waals surface area (Å²) in [7, 11) is 3.20. The summed E-state index contributed by atoms with van der Waals surface area (Å²) in [6.45, 7) is 0. The van der Waals surface area contributed by atoms with E-state index in [1.807, 2.05) is 30.3 Å². The van der Waals surface area contributed by atoms with E-state index in [0.717, 1.165) is 16.3 Å². The lowest BCUT2D eigenvalue weighted by molar-refractivity contribution is -0.115. The number of nitrogens with one attached hydrogen (secondary N) is 1. The van der Waals surface area contributed by atoms with E-state index in [-0.39, 0.29) is 11.7 Å². The van der Waals surface area contributed by atoms with Gasteiger partial charge in [-0.2, -0.15) is 0 Å². The van der Waals surface area contributed by atoms with Crippen LogP contribution in [0.25, 0.3) is 16.8 Å². The van der Waals surface area contributed by atoms with Crippen LogP contribution in [-0.2, 0) is 4.79 Å². The molecular weight excluding hydrogens is 391 g/mol. The number of rotatable bonds is 4. The van der Waals surface area contributed by atoms with E-state index in [1.165, 1.54) is 23.9 Å². The molecular formula is C22H17FN2O3S. The third-order valence-electron chi connectivity index (χ3n) is 4.43. The first-order valence-electron chi connectivity index (χ1n) is 8.77. The number of nitrogens with zero attached hydrogens (tertiary/aromatic N) is 1. The van der Waals surface area contributed by atoms with E-state index in [9.17, 15) is 9.18 Å². The monoisotopic (exact) mass is 408 g/mol. The minimum Gasteiger partial charge on any atom is -0.497 e. The first kappa shape index (κ1) is 19.0. The fraction of sp³-hybridized carbons (Fsp3) is 0.0909. The van der Waals surface area contributed by atoms with Crippen LogP contribution in [0, 0.1) is 5.82 Å². The number of methoxy groups -OCH3 is 2. The molecule has 1 amide bonds. The second-order valence-electron chi connectivity index (χ2n) is 6.23. The Morgan fingerprint density at radius 3 is 2.52 bits per heavy atom. The number of aliphatic imine (C=N–C) groups is 1. The summed E-state index contributed by atoms with van der Waals surface area (Å²) in [5.74, 6) is 0.775. The fourth-order valence-electron chi connectivity index (χ4n) is 3.00. The molecule has 29 heavy (non-hydrogen) atoms. The number of amides is 1. The number of halogens is 1. The quantitative estimate of drug-likeness (QED) is 0.625. The van der Waals surface area contributed by atoms with E-state index >= 15 is 0 Å². The average Bonchev–Trinajstić information content (AvgIpc) is 3.08. The molecule has 1 saturated heterocycles. The lowest BCUT2D eigenvalue weighted by Gasteiger charge is -2.10. The van der Waals surface area contributed by atoms with Crippen LogP contribution >= 0.6 is 11.8 Å². The molecule has 1 aliphatic heterocycles. The number of hydrogen-bond donors (Lipinski definition) is 1. The number of carbonyl (C=O) groups excluding carboxylic acids is 1. The Kier molecular flexibility index (Phi) is 5.22. The Labute approximate surface area is 171 Å². The number of amidine groups is 1. The molecule has 3 aromatic carbocycles. The summed E-state index contributed by atoms with van der Waals surface area (Å²) in [5.41, 5.74) is 1.34. The van der Waals surface area contributed by atoms with Crippen molar-refractivity contribution in [3.63, 3.8) is 0 Å². The summed E-state index contributed by atoms with van der Waals surface area (Å²) in [6, 6.07) is 15.3. The van der Waals surface area contributed by atoms with E-state index < -0.39 is 0 Å². The van der Waals surface area contributed by atoms with Gasteiger partial charge in [0, 0.05) is 5.56 Å². The molecule has 0 atom stereocenters. The van der Waals surface area contributed by atoms with Crippen LogP contribution in [0.4, 0.5) is 10.1 Å². The van der Waals surface area contributed by atoms with E-state index in [0.29, 0.717) is 27.3 Å². The Balaban J connectivity index is 1.74. The molecule has 1 heterocycles. The Morgan fingerprint density at radius 1 is 1.03 bits per heavy atom. The van der Waals surface area contributed by atoms with E-state index in [2.05, 4.69) is 10.3 Å². The molecule has 0 radical (unpaired) electrons. The molecule has 0 unspecified atom stereocenters. The van der Waals surface area contributed by atoms with Gasteiger partial charge in [-0.15, -0.1) is 0 Å². The van der Waals surface area contributed by atoms with Gasteiger partial charge in [0.2, 0.25) is 0 Å². The first-order chi connectivity index (χ1) is 14.1. The summed E-state index contributed by atoms with van der Waals surface area (Å²) in [5, 5.41) is 5.09. The third kappa shape index (κ3) is 3.95. The molecule has 4 rings (SSSR count). The second-order valence-corrected chi connectivity index (χ2v) is 7.26. The van der Waals surface area contributed by atoms with Crippen molar-refractivity contribution in [2.24, 2.45) is 4.99 Å². The minimum absolute atomic E-state index is 0.252. The van der Waals surface area contributed by atoms with Crippen molar-refractivity contribution in [2.75, 3.05) is 14.2 Å². The molecule has 7 heteroatoms. The predicted molar refractivity (Wildman–Crippen MR) is 114 cm³/mol. The third-order valence-corrected chi connectivity index (χ3v) is 5.34. The lowest BCUT2D eigenvalue weighted by atomic mass is 10.0. The zero-order valence-corrected chi connectivity index (χ0v) is 16.5. The van der Waals surface area contributed by atoms with Crippen LogP contribution in [0.3, 0.4) is 0 Å². The van der Waals surface area contributed by atoms with Gasteiger partial charge >= 0.3 is 0 Å². The number of hydrogen-bond acceptors (Lipinski definition) is 5. The molecule has 1 fully saturated rings. The maximum atomic E-state index is 13.1. The molecule has 0 spiro atoms. The number of carbonyl (C=O) groups is 1. The van der Waals surface area contributed by atoms with Gasteiger partial charge in [0.05, 0.1) is 24.8 Å². The zero-order valence-electron chi connectivity index (χ0n) is 15.7. The number of fused-ring (bicyclic) bond motifs is 1. The van der Waals surface area contributed by atoms with Gasteiger partial charge in [0.1, 0.15) is 17.3 Å². The maximum Gasteiger partial charge on any atom is 0.264 e. The van der Waals surface area contributed by atoms with Gasteiger partial charge in [-0.05, 0) is 71.1 Å². The summed E-state index contributed by atoms with van der Waals surface area (Å²) < 4.78 is 23.9. The normalized spacial score (nSPS) is 16.4. The van der Waals surface area contributed by atoms with Crippen LogP contribution in [-0.4, -0.2) is 25.3 Å². The molecule has 0 aliphatic carbocycles. The Morgan fingerprint density at radius 2 is 1.79 bits per heavy atom. The van der Waals surface area contributed by atoms with E-state index in [1.54, 1.807) is 32.4 Å². The zero-order chi connectivity index (χ0) is 20.4. The van der Waals surface area contributed by atoms with Crippen molar-refractivity contribution in [2.45, 2.75) is 0 Å². The van der Waals surface area contributed by atoms with Crippen molar-refractivity contribution in [1.29, 1.82) is 0 Å². The van der Waals surface area contributed by atoms with Gasteiger partial charge in [0.25, 0.3) is 5.91 Å². The average molecular weight is 408 g/mol. The molecule has 0 bridgehead atoms. The summed E-state index contributed by atoms with van der Waals surface area (Å²) in [4.78, 5) is 17.3. The molecule has 5 nitrogen and oxygen atoms in total. The number of benzene rings is 3. The standard InChI is InChI=1S/C22H17FN2O3S/c1-27-16-9-3-13-4-10-19(28-2)18(17(13)11-16)12-20-21(26)25-22(29-20)24-15-7-5-14(23)6-8-15/h3-12H,1-2H3,(H,24,25,26). The summed E-state index contributed by atoms with van der Waals surface area (Å²) >= 11 is 1.22. The molecule has 3 aromatic rings. The lowest BCUT2D eigenvalue weighted by Crippen LogP contribution is -2.19. The van der Waals surface area contributed by atoms with Crippen LogP contribution < -0.4 is 14.8 Å². The highest BCUT2D eigenvalue weighted by Crippen LogP contribution is 2.35. The molecule has 1 aliphatic rings. The molecule has 0 aromatic heterocycles. The highest BCUT2D eigenvalue weighted by atomic mass is 32.2. The van der Waals surface area contributed by atoms with Gasteiger partial charge in [0.15, 0.2) is 5.17 Å². The SMILES string of the molecule is COc1ccc2ccc(OC)c(C=C3SC(=Nc4ccc(F)cc4)NC3=O)c2c1. The highest BCUT2D eigenvalue weighted by molar-refractivity contribution is 8.18. The van der Waals surface area contributed by atoms with Crippen LogP contribution in [0.1, 0.15) is 5.56 Å². The Bertz CT molecular complexity index is 1150. The van der Waals surface area contributed by atoms with Crippen molar-refractivity contribution in [1.82, 2.24) is 5.32 Å². The van der Waals surface area contributed by atoms with Gasteiger partial charge in [-0.3, -0.25) is 4.79 Å². The van der Waals surface area contributed by atoms with Crippen molar-refractivity contribution in [3.05, 3.63) is 70.9 Å². The highest BCUT2D eigenvalue weighted by Gasteiger charge is 2.24. The first-order valence-corrected chi connectivity index (χ1v) is 9.59. The van der Waals surface area contributed by atoms with E-state index in [4.69, 9.17) is 9.47 Å². The smallest absolute Gasteiger partial charge is 0.264 e. The van der Waals surface area contributed by atoms with Crippen molar-refractivity contribution in [3.8, 4) is 11.5 Å². The van der Waals surface area contributed by atoms with Crippen LogP contribution in [0.5, 0.6) is 11.5 Å². The van der Waals surface area contributed by atoms with Crippen LogP contribution in [0.15, 0.2) is 64.5 Å². The van der Waals surface area contributed by atoms with Gasteiger partial charge in [-0.1, -0.05) is 12.1 Å². The summed E-state index contributed by atoms with van der Waals surface area (Å²) in [6.07, 6.45) is 1.79. The fourth-order valence-corrected chi connectivity index (χ4v) is 3.82. The largest absolute Gasteiger partial charge is 0.497 e. The predicted octanol–water partition coefficient (Wildman–Crippen LogP) is 4.89. The topological polar surface area (TPSA) is 59.9 Å². The molecule has 1 N–H and O–H groups in total. The van der Waals surface area contributed by atoms with Gasteiger partial charge < -0.3 is 14.8 Å². The number of thioether (sulfide) groups is 1. The van der Waals surface area contributed by atoms with Crippen molar-refractivity contribution >= 4 is 45.4 Å². The van der Waals surface area contributed by atoms with Gasteiger partial charge in [-0.25, -0.2) is 9.38 Å². The maximum absolute atomic E-state index is 13.1. The Hall–Kier alpha value is -3.32. The second kappa shape index (κ2) is 7.97. The molecule has 146 valence electrons. The van der Waals surface area contributed by atoms with Crippen molar-refractivity contribution < 1.29 is 18.7 Å². The minimum atomic E-state index is -0.337.